The van der Waals surface area contributed by atoms with Crippen LogP contribution < -0.4 is 17.0 Å². The van der Waals surface area contributed by atoms with Crippen LogP contribution in [-0.2, 0) is 5.75 Å². The standard InChI is InChI=1S/C11H12N4OS/c12-8-9(13)14-11(15-10(8)16)17-6-7-4-2-1-3-5-7/h1-5H,6,12H2,(H3,13,14,15,16). The molecule has 0 radical (unpaired) electrons. The molecule has 2 aromatic rings. The maximum absolute atomic E-state index is 11.4. The Hall–Kier alpha value is -1.95. The van der Waals surface area contributed by atoms with E-state index in [-0.39, 0.29) is 11.5 Å². The third kappa shape index (κ3) is 2.79. The molecule has 88 valence electrons. The number of nitrogens with zero attached hydrogens (tertiary/aromatic N) is 1. The van der Waals surface area contributed by atoms with Gasteiger partial charge in [0.15, 0.2) is 11.0 Å². The molecule has 0 unspecified atom stereocenters. The molecule has 0 spiro atoms. The molecular weight excluding hydrogens is 236 g/mol. The van der Waals surface area contributed by atoms with Gasteiger partial charge < -0.3 is 11.5 Å². The van der Waals surface area contributed by atoms with Gasteiger partial charge in [0, 0.05) is 5.75 Å². The predicted octanol–water partition coefficient (Wildman–Crippen LogP) is 1.23. The number of anilines is 2. The second-order valence-electron chi connectivity index (χ2n) is 3.44. The number of thioether (sulfide) groups is 1. The molecule has 5 N–H and O–H groups in total. The van der Waals surface area contributed by atoms with Crippen molar-refractivity contribution in [2.75, 3.05) is 11.5 Å². The number of aromatic nitrogens is 2. The van der Waals surface area contributed by atoms with Gasteiger partial charge in [0.05, 0.1) is 0 Å². The Morgan fingerprint density at radius 2 is 1.94 bits per heavy atom. The molecule has 0 atom stereocenters. The van der Waals surface area contributed by atoms with Gasteiger partial charge in [-0.3, -0.25) is 9.78 Å². The highest BCUT2D eigenvalue weighted by molar-refractivity contribution is 7.98. The Bertz CT molecular complexity index is 567. The lowest BCUT2D eigenvalue weighted by Crippen LogP contribution is -2.16. The Balaban J connectivity index is 2.13. The molecule has 0 aliphatic rings. The van der Waals surface area contributed by atoms with Gasteiger partial charge in [-0.15, -0.1) is 0 Å². The molecule has 0 saturated carbocycles. The van der Waals surface area contributed by atoms with E-state index in [0.29, 0.717) is 10.9 Å². The van der Waals surface area contributed by atoms with Crippen molar-refractivity contribution in [3.63, 3.8) is 0 Å². The monoisotopic (exact) mass is 248 g/mol. The van der Waals surface area contributed by atoms with Crippen molar-refractivity contribution in [1.29, 1.82) is 0 Å². The number of hydrogen-bond donors (Lipinski definition) is 3. The highest BCUT2D eigenvalue weighted by Crippen LogP contribution is 2.19. The molecule has 1 heterocycles. The van der Waals surface area contributed by atoms with Crippen LogP contribution in [0.4, 0.5) is 11.5 Å². The zero-order chi connectivity index (χ0) is 12.3. The summed E-state index contributed by atoms with van der Waals surface area (Å²) in [4.78, 5) is 17.9. The fourth-order valence-electron chi connectivity index (χ4n) is 1.27. The van der Waals surface area contributed by atoms with E-state index in [1.807, 2.05) is 30.3 Å². The minimum absolute atomic E-state index is 0.0333. The van der Waals surface area contributed by atoms with E-state index in [9.17, 15) is 4.79 Å². The molecule has 0 fully saturated rings. The molecule has 1 aromatic carbocycles. The van der Waals surface area contributed by atoms with Gasteiger partial charge in [-0.1, -0.05) is 42.1 Å². The Morgan fingerprint density at radius 1 is 1.24 bits per heavy atom. The van der Waals surface area contributed by atoms with Crippen molar-refractivity contribution in [2.24, 2.45) is 0 Å². The normalized spacial score (nSPS) is 10.4. The van der Waals surface area contributed by atoms with E-state index in [1.54, 1.807) is 0 Å². The van der Waals surface area contributed by atoms with Crippen molar-refractivity contribution in [2.45, 2.75) is 10.9 Å². The molecule has 6 heteroatoms. The van der Waals surface area contributed by atoms with Crippen molar-refractivity contribution >= 4 is 23.3 Å². The van der Waals surface area contributed by atoms with E-state index in [4.69, 9.17) is 11.5 Å². The number of benzene rings is 1. The quantitative estimate of drug-likeness (QED) is 0.560. The molecule has 5 nitrogen and oxygen atoms in total. The Kier molecular flexibility index (Phi) is 3.34. The summed E-state index contributed by atoms with van der Waals surface area (Å²) in [5.41, 5.74) is 11.7. The van der Waals surface area contributed by atoms with Crippen LogP contribution in [0, 0.1) is 0 Å². The van der Waals surface area contributed by atoms with Crippen LogP contribution in [-0.4, -0.2) is 9.97 Å². The van der Waals surface area contributed by atoms with Crippen LogP contribution in [0.3, 0.4) is 0 Å². The van der Waals surface area contributed by atoms with Crippen LogP contribution in [0.15, 0.2) is 40.3 Å². The third-order valence-corrected chi connectivity index (χ3v) is 3.13. The summed E-state index contributed by atoms with van der Waals surface area (Å²) in [6.45, 7) is 0. The first kappa shape index (κ1) is 11.5. The van der Waals surface area contributed by atoms with Gasteiger partial charge in [-0.05, 0) is 5.56 Å². The van der Waals surface area contributed by atoms with E-state index in [2.05, 4.69) is 9.97 Å². The van der Waals surface area contributed by atoms with Gasteiger partial charge in [-0.25, -0.2) is 4.98 Å². The average molecular weight is 248 g/mol. The fraction of sp³-hybridized carbons (Fsp3) is 0.0909. The minimum atomic E-state index is -0.395. The van der Waals surface area contributed by atoms with E-state index in [1.165, 1.54) is 11.8 Å². The second kappa shape index (κ2) is 4.92. The molecule has 0 amide bonds. The van der Waals surface area contributed by atoms with Crippen molar-refractivity contribution in [3.05, 3.63) is 46.2 Å². The van der Waals surface area contributed by atoms with Gasteiger partial charge in [-0.2, -0.15) is 0 Å². The number of aromatic amines is 1. The second-order valence-corrected chi connectivity index (χ2v) is 4.41. The van der Waals surface area contributed by atoms with Crippen LogP contribution in [0.2, 0.25) is 0 Å². The Morgan fingerprint density at radius 3 is 2.59 bits per heavy atom. The predicted molar refractivity (Wildman–Crippen MR) is 69.7 cm³/mol. The van der Waals surface area contributed by atoms with Crippen LogP contribution in [0.5, 0.6) is 0 Å². The number of H-pyrrole nitrogens is 1. The number of hydrogen-bond acceptors (Lipinski definition) is 5. The molecule has 17 heavy (non-hydrogen) atoms. The van der Waals surface area contributed by atoms with Gasteiger partial charge >= 0.3 is 0 Å². The number of nitrogens with two attached hydrogens (primary N) is 2. The smallest absolute Gasteiger partial charge is 0.276 e. The lowest BCUT2D eigenvalue weighted by molar-refractivity contribution is 0.949. The summed E-state index contributed by atoms with van der Waals surface area (Å²) in [6, 6.07) is 9.89. The topological polar surface area (TPSA) is 97.8 Å². The number of nitrogen functional groups attached to an aromatic ring is 2. The lowest BCUT2D eigenvalue weighted by atomic mass is 10.2. The Labute approximate surface area is 102 Å². The molecule has 1 aromatic heterocycles. The summed E-state index contributed by atoms with van der Waals surface area (Å²) in [6.07, 6.45) is 0. The summed E-state index contributed by atoms with van der Waals surface area (Å²) < 4.78 is 0. The molecular formula is C11H12N4OS. The average Bonchev–Trinajstić information content (AvgIpc) is 2.34. The van der Waals surface area contributed by atoms with E-state index in [0.717, 1.165) is 5.56 Å². The van der Waals surface area contributed by atoms with Crippen LogP contribution >= 0.6 is 11.8 Å². The molecule has 0 aliphatic carbocycles. The first-order valence-corrected chi connectivity index (χ1v) is 5.97. The van der Waals surface area contributed by atoms with Crippen LogP contribution in [0.25, 0.3) is 0 Å². The largest absolute Gasteiger partial charge is 0.391 e. The van der Waals surface area contributed by atoms with E-state index < -0.39 is 5.56 Å². The first-order chi connectivity index (χ1) is 8.16. The first-order valence-electron chi connectivity index (χ1n) is 4.99. The third-order valence-electron chi connectivity index (χ3n) is 2.18. The highest BCUT2D eigenvalue weighted by atomic mass is 32.2. The zero-order valence-corrected chi connectivity index (χ0v) is 9.83. The number of rotatable bonds is 3. The van der Waals surface area contributed by atoms with Gasteiger partial charge in [0.1, 0.15) is 5.69 Å². The summed E-state index contributed by atoms with van der Waals surface area (Å²) in [7, 11) is 0. The minimum Gasteiger partial charge on any atom is -0.391 e. The molecule has 2 rings (SSSR count). The maximum Gasteiger partial charge on any atom is 0.276 e. The number of nitrogens with one attached hydrogen (secondary N) is 1. The van der Waals surface area contributed by atoms with Gasteiger partial charge in [0.25, 0.3) is 5.56 Å². The molecule has 0 saturated heterocycles. The van der Waals surface area contributed by atoms with Crippen molar-refractivity contribution in [1.82, 2.24) is 9.97 Å². The van der Waals surface area contributed by atoms with Crippen LogP contribution in [0.1, 0.15) is 5.56 Å². The lowest BCUT2D eigenvalue weighted by Gasteiger charge is -2.03. The summed E-state index contributed by atoms with van der Waals surface area (Å²) in [5, 5.41) is 0.477. The zero-order valence-electron chi connectivity index (χ0n) is 9.01. The summed E-state index contributed by atoms with van der Waals surface area (Å²) in [5.74, 6) is 0.789. The van der Waals surface area contributed by atoms with Gasteiger partial charge in [0.2, 0.25) is 0 Å². The highest BCUT2D eigenvalue weighted by Gasteiger charge is 2.05. The van der Waals surface area contributed by atoms with Crippen molar-refractivity contribution in [3.8, 4) is 0 Å². The fourth-order valence-corrected chi connectivity index (χ4v) is 2.10. The maximum atomic E-state index is 11.4. The SMILES string of the molecule is Nc1nc(SCc2ccccc2)[nH]c(=O)c1N. The molecule has 0 aliphatic heterocycles. The molecule has 0 bridgehead atoms. The summed E-state index contributed by atoms with van der Waals surface area (Å²) >= 11 is 1.41. The van der Waals surface area contributed by atoms with E-state index >= 15 is 0 Å². The van der Waals surface area contributed by atoms with Crippen molar-refractivity contribution < 1.29 is 0 Å².